The Balaban J connectivity index is 1.61. The van der Waals surface area contributed by atoms with Gasteiger partial charge in [0.25, 0.3) is 5.91 Å². The molecule has 0 radical (unpaired) electrons. The van der Waals surface area contributed by atoms with Crippen molar-refractivity contribution in [1.29, 1.82) is 0 Å². The highest BCUT2D eigenvalue weighted by atomic mass is 16.2. The van der Waals surface area contributed by atoms with Crippen LogP contribution in [0.2, 0.25) is 0 Å². The summed E-state index contributed by atoms with van der Waals surface area (Å²) in [5.41, 5.74) is 8.61. The summed E-state index contributed by atoms with van der Waals surface area (Å²) in [6.45, 7) is 1.89. The number of anilines is 1. The highest BCUT2D eigenvalue weighted by Crippen LogP contribution is 2.21. The summed E-state index contributed by atoms with van der Waals surface area (Å²) in [4.78, 5) is 20.9. The Morgan fingerprint density at radius 3 is 2.58 bits per heavy atom. The number of aryl methyl sites for hydroxylation is 1. The van der Waals surface area contributed by atoms with Crippen molar-refractivity contribution in [3.05, 3.63) is 78.2 Å². The first-order valence-corrected chi connectivity index (χ1v) is 8.10. The first-order valence-electron chi connectivity index (χ1n) is 8.10. The Morgan fingerprint density at radius 1 is 1.00 bits per heavy atom. The second-order valence-corrected chi connectivity index (χ2v) is 5.75. The summed E-state index contributed by atoms with van der Waals surface area (Å²) in [5.74, 6) is 0.254. The number of hydrogen-bond acceptors (Lipinski definition) is 5. The first kappa shape index (κ1) is 15.8. The predicted octanol–water partition coefficient (Wildman–Crippen LogP) is 2.88. The molecule has 1 amide bonds. The average Bonchev–Trinajstić information content (AvgIpc) is 3.12. The molecule has 4 aromatic rings. The standard InChI is InChI=1S/C19H16N6O/c1-13-7-5-6-10-15(13)19(26)24-23-17-16-11-22-25(18(16)21-12-20-17)14-8-3-2-4-9-14/h2-12H,1H3,(H,24,26)(H,20,21,23). The van der Waals surface area contributed by atoms with Gasteiger partial charge >= 0.3 is 0 Å². The van der Waals surface area contributed by atoms with E-state index in [-0.39, 0.29) is 5.91 Å². The van der Waals surface area contributed by atoms with E-state index in [0.717, 1.165) is 11.3 Å². The van der Waals surface area contributed by atoms with Crippen molar-refractivity contribution in [2.75, 3.05) is 5.43 Å². The molecule has 2 aromatic carbocycles. The zero-order valence-electron chi connectivity index (χ0n) is 14.0. The quantitative estimate of drug-likeness (QED) is 0.556. The summed E-state index contributed by atoms with van der Waals surface area (Å²) in [5, 5.41) is 5.10. The Labute approximate surface area is 149 Å². The minimum atomic E-state index is -0.231. The Kier molecular flexibility index (Phi) is 4.03. The van der Waals surface area contributed by atoms with Gasteiger partial charge in [0.1, 0.15) is 6.33 Å². The normalized spacial score (nSPS) is 10.7. The van der Waals surface area contributed by atoms with Gasteiger partial charge in [-0.2, -0.15) is 5.10 Å². The molecule has 0 fully saturated rings. The third kappa shape index (κ3) is 2.86. The van der Waals surface area contributed by atoms with Crippen molar-refractivity contribution in [2.45, 2.75) is 6.92 Å². The van der Waals surface area contributed by atoms with E-state index >= 15 is 0 Å². The van der Waals surface area contributed by atoms with Crippen LogP contribution in [-0.2, 0) is 0 Å². The van der Waals surface area contributed by atoms with Crippen LogP contribution in [0.3, 0.4) is 0 Å². The number of nitrogens with zero attached hydrogens (tertiary/aromatic N) is 4. The molecule has 0 aliphatic carbocycles. The van der Waals surface area contributed by atoms with Crippen molar-refractivity contribution in [1.82, 2.24) is 25.2 Å². The van der Waals surface area contributed by atoms with Crippen LogP contribution in [0.15, 0.2) is 67.1 Å². The minimum Gasteiger partial charge on any atom is -0.281 e. The van der Waals surface area contributed by atoms with Crippen LogP contribution in [0.4, 0.5) is 5.82 Å². The minimum absolute atomic E-state index is 0.231. The van der Waals surface area contributed by atoms with Crippen LogP contribution in [0.5, 0.6) is 0 Å². The van der Waals surface area contributed by atoms with E-state index in [1.54, 1.807) is 16.9 Å². The number of aromatic nitrogens is 4. The molecule has 2 N–H and O–H groups in total. The van der Waals surface area contributed by atoms with Gasteiger partial charge in [-0.05, 0) is 30.7 Å². The van der Waals surface area contributed by atoms with E-state index in [1.165, 1.54) is 6.33 Å². The predicted molar refractivity (Wildman–Crippen MR) is 98.9 cm³/mol. The number of fused-ring (bicyclic) bond motifs is 1. The third-order valence-electron chi connectivity index (χ3n) is 4.05. The van der Waals surface area contributed by atoms with Crippen LogP contribution < -0.4 is 10.9 Å². The molecule has 2 aromatic heterocycles. The van der Waals surface area contributed by atoms with E-state index in [1.807, 2.05) is 55.5 Å². The molecule has 26 heavy (non-hydrogen) atoms. The number of benzene rings is 2. The number of nitrogens with one attached hydrogen (secondary N) is 2. The molecular formula is C19H16N6O. The molecule has 2 heterocycles. The number of carbonyl (C=O) groups excluding carboxylic acids is 1. The van der Waals surface area contributed by atoms with Crippen molar-refractivity contribution < 1.29 is 4.79 Å². The lowest BCUT2D eigenvalue weighted by Gasteiger charge is -2.10. The lowest BCUT2D eigenvalue weighted by Crippen LogP contribution is -2.30. The van der Waals surface area contributed by atoms with E-state index < -0.39 is 0 Å². The summed E-state index contributed by atoms with van der Waals surface area (Å²) < 4.78 is 1.73. The largest absolute Gasteiger partial charge is 0.281 e. The number of hydrogen-bond donors (Lipinski definition) is 2. The highest BCUT2D eigenvalue weighted by molar-refractivity contribution is 5.97. The molecule has 4 rings (SSSR count). The Hall–Kier alpha value is -3.74. The van der Waals surface area contributed by atoms with Gasteiger partial charge in [-0.3, -0.25) is 15.6 Å². The van der Waals surface area contributed by atoms with E-state index in [4.69, 9.17) is 0 Å². The molecule has 7 heteroatoms. The second-order valence-electron chi connectivity index (χ2n) is 5.75. The summed E-state index contributed by atoms with van der Waals surface area (Å²) >= 11 is 0. The van der Waals surface area contributed by atoms with E-state index in [2.05, 4.69) is 25.9 Å². The molecule has 128 valence electrons. The van der Waals surface area contributed by atoms with Crippen molar-refractivity contribution >= 4 is 22.8 Å². The fourth-order valence-electron chi connectivity index (χ4n) is 2.71. The number of para-hydroxylation sites is 1. The number of amides is 1. The number of rotatable bonds is 4. The molecule has 7 nitrogen and oxygen atoms in total. The third-order valence-corrected chi connectivity index (χ3v) is 4.05. The van der Waals surface area contributed by atoms with Gasteiger partial charge in [-0.1, -0.05) is 36.4 Å². The van der Waals surface area contributed by atoms with Crippen LogP contribution in [0.25, 0.3) is 16.7 Å². The topological polar surface area (TPSA) is 84.7 Å². The maximum atomic E-state index is 12.4. The van der Waals surface area contributed by atoms with Gasteiger partial charge in [0.15, 0.2) is 11.5 Å². The SMILES string of the molecule is Cc1ccccc1C(=O)NNc1ncnc2c1cnn2-c1ccccc1. The average molecular weight is 344 g/mol. The van der Waals surface area contributed by atoms with Crippen LogP contribution >= 0.6 is 0 Å². The molecule has 0 saturated heterocycles. The molecule has 0 aliphatic heterocycles. The van der Waals surface area contributed by atoms with Crippen LogP contribution in [-0.4, -0.2) is 25.7 Å². The van der Waals surface area contributed by atoms with Gasteiger partial charge in [0.05, 0.1) is 17.3 Å². The smallest absolute Gasteiger partial charge is 0.269 e. The molecule has 0 spiro atoms. The van der Waals surface area contributed by atoms with Crippen LogP contribution in [0.1, 0.15) is 15.9 Å². The molecule has 0 saturated carbocycles. The van der Waals surface area contributed by atoms with Gasteiger partial charge in [0.2, 0.25) is 0 Å². The van der Waals surface area contributed by atoms with Gasteiger partial charge in [0, 0.05) is 5.56 Å². The number of hydrazine groups is 1. The molecule has 0 atom stereocenters. The Bertz CT molecular complexity index is 1070. The first-order chi connectivity index (χ1) is 12.7. The van der Waals surface area contributed by atoms with Crippen molar-refractivity contribution in [3.8, 4) is 5.69 Å². The van der Waals surface area contributed by atoms with Crippen molar-refractivity contribution in [3.63, 3.8) is 0 Å². The van der Waals surface area contributed by atoms with Gasteiger partial charge in [-0.15, -0.1) is 0 Å². The zero-order valence-corrected chi connectivity index (χ0v) is 14.0. The van der Waals surface area contributed by atoms with Gasteiger partial charge < -0.3 is 0 Å². The number of carbonyl (C=O) groups is 1. The summed E-state index contributed by atoms with van der Waals surface area (Å²) in [7, 11) is 0. The van der Waals surface area contributed by atoms with E-state index in [0.29, 0.717) is 22.4 Å². The highest BCUT2D eigenvalue weighted by Gasteiger charge is 2.12. The van der Waals surface area contributed by atoms with Crippen molar-refractivity contribution in [2.24, 2.45) is 0 Å². The fraction of sp³-hybridized carbons (Fsp3) is 0.0526. The molecule has 0 unspecified atom stereocenters. The lowest BCUT2D eigenvalue weighted by atomic mass is 10.1. The zero-order chi connectivity index (χ0) is 17.9. The Morgan fingerprint density at radius 2 is 1.77 bits per heavy atom. The van der Waals surface area contributed by atoms with Gasteiger partial charge in [-0.25, -0.2) is 14.6 Å². The monoisotopic (exact) mass is 344 g/mol. The molecule has 0 bridgehead atoms. The van der Waals surface area contributed by atoms with E-state index in [9.17, 15) is 4.79 Å². The lowest BCUT2D eigenvalue weighted by molar-refractivity contribution is 0.0962. The molecule has 0 aliphatic rings. The van der Waals surface area contributed by atoms with Crippen LogP contribution in [0, 0.1) is 6.92 Å². The summed E-state index contributed by atoms with van der Waals surface area (Å²) in [6.07, 6.45) is 3.11. The second kappa shape index (κ2) is 6.64. The fourth-order valence-corrected chi connectivity index (χ4v) is 2.71. The summed E-state index contributed by atoms with van der Waals surface area (Å²) in [6, 6.07) is 17.1. The molecular weight excluding hydrogens is 328 g/mol. The maximum absolute atomic E-state index is 12.4. The maximum Gasteiger partial charge on any atom is 0.269 e.